The number of aromatic carboxylic acids is 1. The molecule has 1 aliphatic heterocycles. The summed E-state index contributed by atoms with van der Waals surface area (Å²) in [6, 6.07) is 0.742. The van der Waals surface area contributed by atoms with Crippen molar-refractivity contribution in [2.45, 2.75) is 18.8 Å². The van der Waals surface area contributed by atoms with Gasteiger partial charge in [-0.3, -0.25) is 4.79 Å². The Morgan fingerprint density at radius 3 is 2.13 bits per heavy atom. The molecular weight excluding hydrogens is 336 g/mol. The first-order valence-corrected chi connectivity index (χ1v) is 6.13. The predicted molar refractivity (Wildman–Crippen MR) is 60.7 cm³/mol. The molecule has 1 aromatic heterocycles. The number of hydrogen-bond donors (Lipinski definition) is 1. The number of carbonyl (C=O) groups excluding carboxylic acids is 1. The number of carboxylic acids is 1. The zero-order chi connectivity index (χ0) is 17.6. The number of hydrogen-bond acceptors (Lipinski definition) is 3. The average Bonchev–Trinajstić information content (AvgIpc) is 3.04. The molecule has 1 amide bonds. The van der Waals surface area contributed by atoms with E-state index in [1.807, 2.05) is 0 Å². The van der Waals surface area contributed by atoms with Crippen LogP contribution in [0.4, 0.5) is 26.3 Å². The van der Waals surface area contributed by atoms with Crippen LogP contribution in [0.1, 0.15) is 27.3 Å². The zero-order valence-electron chi connectivity index (χ0n) is 11.2. The minimum Gasteiger partial charge on any atom is -0.478 e. The Hall–Kier alpha value is -2.20. The summed E-state index contributed by atoms with van der Waals surface area (Å²) in [5.41, 5.74) is -4.44. The molecule has 1 aliphatic rings. The van der Waals surface area contributed by atoms with E-state index in [2.05, 4.69) is 4.42 Å². The molecule has 1 saturated heterocycles. The van der Waals surface area contributed by atoms with Gasteiger partial charge >= 0.3 is 18.3 Å². The van der Waals surface area contributed by atoms with Gasteiger partial charge in [-0.1, -0.05) is 0 Å². The molecule has 0 unspecified atom stereocenters. The standard InChI is InChI=1S/C12H9F6NO4/c13-11(14,15)10(12(16,17)18)1-2-19(5-10)8(20)7-3-6(4-23-7)9(21)22/h3-4H,1-2,5H2,(H,21,22). The molecule has 2 rings (SSSR count). The highest BCUT2D eigenvalue weighted by atomic mass is 19.4. The Morgan fingerprint density at radius 1 is 1.17 bits per heavy atom. The summed E-state index contributed by atoms with van der Waals surface area (Å²) in [6.45, 7) is -2.37. The SMILES string of the molecule is O=C(O)c1coc(C(=O)N2CCC(C(F)(F)F)(C(F)(F)F)C2)c1. The Kier molecular flexibility index (Phi) is 3.86. The van der Waals surface area contributed by atoms with Crippen LogP contribution in [-0.4, -0.2) is 47.3 Å². The maximum atomic E-state index is 12.9. The van der Waals surface area contributed by atoms with Crippen molar-refractivity contribution in [3.63, 3.8) is 0 Å². The summed E-state index contributed by atoms with van der Waals surface area (Å²) < 4.78 is 82.0. The van der Waals surface area contributed by atoms with Crippen LogP contribution in [0.15, 0.2) is 16.7 Å². The van der Waals surface area contributed by atoms with Gasteiger partial charge in [0.1, 0.15) is 6.26 Å². The number of amides is 1. The highest BCUT2D eigenvalue weighted by Crippen LogP contribution is 2.55. The largest absolute Gasteiger partial charge is 0.478 e. The summed E-state index contributed by atoms with van der Waals surface area (Å²) in [7, 11) is 0. The van der Waals surface area contributed by atoms with E-state index in [0.717, 1.165) is 6.07 Å². The van der Waals surface area contributed by atoms with E-state index in [0.29, 0.717) is 11.2 Å². The number of nitrogens with zero attached hydrogens (tertiary/aromatic N) is 1. The van der Waals surface area contributed by atoms with Crippen LogP contribution in [0, 0.1) is 5.41 Å². The van der Waals surface area contributed by atoms with Gasteiger partial charge in [-0.2, -0.15) is 26.3 Å². The first kappa shape index (κ1) is 17.2. The number of alkyl halides is 6. The van der Waals surface area contributed by atoms with E-state index in [9.17, 15) is 35.9 Å². The first-order chi connectivity index (χ1) is 10.4. The minimum absolute atomic E-state index is 0.353. The highest BCUT2D eigenvalue weighted by Gasteiger charge is 2.73. The molecule has 2 heterocycles. The van der Waals surface area contributed by atoms with Crippen LogP contribution in [-0.2, 0) is 0 Å². The maximum absolute atomic E-state index is 12.9. The molecular formula is C12H9F6NO4. The number of furan rings is 1. The molecule has 0 bridgehead atoms. The van der Waals surface area contributed by atoms with Gasteiger partial charge in [-0.25, -0.2) is 4.79 Å². The van der Waals surface area contributed by atoms with Gasteiger partial charge < -0.3 is 14.4 Å². The molecule has 23 heavy (non-hydrogen) atoms. The molecule has 5 nitrogen and oxygen atoms in total. The van der Waals surface area contributed by atoms with E-state index >= 15 is 0 Å². The number of carboxylic acid groups (broad SMARTS) is 1. The normalized spacial score (nSPS) is 18.3. The zero-order valence-corrected chi connectivity index (χ0v) is 11.2. The van der Waals surface area contributed by atoms with Crippen molar-refractivity contribution in [2.75, 3.05) is 13.1 Å². The Bertz CT molecular complexity index is 618. The van der Waals surface area contributed by atoms with Crippen molar-refractivity contribution in [3.05, 3.63) is 23.7 Å². The smallest absolute Gasteiger partial charge is 0.404 e. The quantitative estimate of drug-likeness (QED) is 0.837. The van der Waals surface area contributed by atoms with Crippen LogP contribution in [0.3, 0.4) is 0 Å². The fourth-order valence-corrected chi connectivity index (χ4v) is 2.32. The van der Waals surface area contributed by atoms with Crippen molar-refractivity contribution in [1.29, 1.82) is 0 Å². The van der Waals surface area contributed by atoms with E-state index in [1.165, 1.54) is 0 Å². The highest BCUT2D eigenvalue weighted by molar-refractivity contribution is 5.95. The molecule has 0 saturated carbocycles. The van der Waals surface area contributed by atoms with Gasteiger partial charge in [0, 0.05) is 19.2 Å². The van der Waals surface area contributed by atoms with Crippen LogP contribution < -0.4 is 0 Å². The molecule has 0 aromatic carbocycles. The van der Waals surface area contributed by atoms with Gasteiger partial charge in [0.25, 0.3) is 5.91 Å². The minimum atomic E-state index is -5.57. The molecule has 128 valence electrons. The fourth-order valence-electron chi connectivity index (χ4n) is 2.32. The summed E-state index contributed by atoms with van der Waals surface area (Å²) in [5.74, 6) is -3.32. The fraction of sp³-hybridized carbons (Fsp3) is 0.500. The molecule has 0 radical (unpaired) electrons. The second-order valence-electron chi connectivity index (χ2n) is 5.06. The predicted octanol–water partition coefficient (Wildman–Crippen LogP) is 2.93. The van der Waals surface area contributed by atoms with Gasteiger partial charge in [-0.05, 0) is 6.42 Å². The monoisotopic (exact) mass is 345 g/mol. The van der Waals surface area contributed by atoms with Crippen molar-refractivity contribution in [3.8, 4) is 0 Å². The summed E-state index contributed by atoms with van der Waals surface area (Å²) in [4.78, 5) is 22.9. The average molecular weight is 345 g/mol. The number of carbonyl (C=O) groups is 2. The van der Waals surface area contributed by atoms with E-state index < -0.39 is 60.5 Å². The van der Waals surface area contributed by atoms with E-state index in [4.69, 9.17) is 5.11 Å². The lowest BCUT2D eigenvalue weighted by molar-refractivity contribution is -0.334. The van der Waals surface area contributed by atoms with Gasteiger partial charge in [0.05, 0.1) is 5.56 Å². The molecule has 0 spiro atoms. The third kappa shape index (κ3) is 2.75. The Labute approximate surface area is 124 Å². The van der Waals surface area contributed by atoms with Gasteiger partial charge in [0.15, 0.2) is 11.2 Å². The lowest BCUT2D eigenvalue weighted by Gasteiger charge is -2.33. The van der Waals surface area contributed by atoms with Gasteiger partial charge in [0.2, 0.25) is 0 Å². The van der Waals surface area contributed by atoms with E-state index in [1.54, 1.807) is 0 Å². The third-order valence-electron chi connectivity index (χ3n) is 3.70. The number of halogens is 6. The molecule has 11 heteroatoms. The van der Waals surface area contributed by atoms with Crippen LogP contribution >= 0.6 is 0 Å². The molecule has 1 aromatic rings. The number of likely N-dealkylation sites (tertiary alicyclic amines) is 1. The van der Waals surface area contributed by atoms with Crippen LogP contribution in [0.2, 0.25) is 0 Å². The Balaban J connectivity index is 2.27. The second-order valence-corrected chi connectivity index (χ2v) is 5.06. The number of rotatable bonds is 2. The van der Waals surface area contributed by atoms with Gasteiger partial charge in [-0.15, -0.1) is 0 Å². The summed E-state index contributed by atoms with van der Waals surface area (Å²) in [6.07, 6.45) is -11.8. The lowest BCUT2D eigenvalue weighted by Crippen LogP contribution is -2.52. The van der Waals surface area contributed by atoms with Crippen LogP contribution in [0.25, 0.3) is 0 Å². The second kappa shape index (κ2) is 5.17. The van der Waals surface area contributed by atoms with Crippen molar-refractivity contribution in [2.24, 2.45) is 5.41 Å². The topological polar surface area (TPSA) is 70.7 Å². The van der Waals surface area contributed by atoms with Crippen molar-refractivity contribution in [1.82, 2.24) is 4.90 Å². The molecule has 1 N–H and O–H groups in total. The molecule has 0 atom stereocenters. The summed E-state index contributed by atoms with van der Waals surface area (Å²) in [5, 5.41) is 8.66. The maximum Gasteiger partial charge on any atom is 0.404 e. The molecule has 0 aliphatic carbocycles. The third-order valence-corrected chi connectivity index (χ3v) is 3.70. The summed E-state index contributed by atoms with van der Waals surface area (Å²) >= 11 is 0. The van der Waals surface area contributed by atoms with Crippen LogP contribution in [0.5, 0.6) is 0 Å². The first-order valence-electron chi connectivity index (χ1n) is 6.13. The van der Waals surface area contributed by atoms with Crippen molar-refractivity contribution >= 4 is 11.9 Å². The van der Waals surface area contributed by atoms with Crippen molar-refractivity contribution < 1.29 is 45.5 Å². The Morgan fingerprint density at radius 2 is 1.74 bits per heavy atom. The molecule has 1 fully saturated rings. The lowest BCUT2D eigenvalue weighted by atomic mass is 9.85. The van der Waals surface area contributed by atoms with E-state index in [-0.39, 0.29) is 0 Å².